The highest BCUT2D eigenvalue weighted by molar-refractivity contribution is 6.58. The van der Waals surface area contributed by atoms with Crippen molar-refractivity contribution in [1.29, 1.82) is 0 Å². The lowest BCUT2D eigenvalue weighted by Gasteiger charge is -2.42. The Balaban J connectivity index is 2.36. The molecule has 0 saturated heterocycles. The molecule has 0 unspecified atom stereocenters. The number of nitrogens with zero attached hydrogens (tertiary/aromatic N) is 1. The van der Waals surface area contributed by atoms with Crippen molar-refractivity contribution < 1.29 is 19.2 Å². The molecule has 2 aromatic rings. The summed E-state index contributed by atoms with van der Waals surface area (Å²) >= 11 is 0. The van der Waals surface area contributed by atoms with Crippen LogP contribution in [0, 0.1) is 25.1 Å². The third-order valence-corrected chi connectivity index (χ3v) is 5.72. The highest BCUT2D eigenvalue weighted by atomic mass is 19.1. The molecule has 0 aliphatic heterocycles. The molecule has 7 heteroatoms. The van der Waals surface area contributed by atoms with E-state index in [2.05, 4.69) is 57.9 Å². The van der Waals surface area contributed by atoms with Crippen LogP contribution in [0.2, 0.25) is 0 Å². The Kier molecular flexibility index (Phi) is 9.00. The normalized spacial score (nSPS) is 12.4. The molecule has 0 fully saturated rings. The van der Waals surface area contributed by atoms with Crippen LogP contribution < -0.4 is 10.9 Å². The fourth-order valence-electron chi connectivity index (χ4n) is 4.07. The van der Waals surface area contributed by atoms with Gasteiger partial charge in [0.05, 0.1) is 23.8 Å². The molecule has 0 amide bonds. The third-order valence-electron chi connectivity index (χ3n) is 5.72. The van der Waals surface area contributed by atoms with Gasteiger partial charge in [-0.05, 0) is 61.0 Å². The summed E-state index contributed by atoms with van der Waals surface area (Å²) in [6.45, 7) is 16.9. The van der Waals surface area contributed by atoms with Gasteiger partial charge in [0.15, 0.2) is 5.78 Å². The molecule has 0 aliphatic rings. The van der Waals surface area contributed by atoms with Crippen LogP contribution in [-0.4, -0.2) is 40.5 Å². The van der Waals surface area contributed by atoms with Crippen molar-refractivity contribution in [1.82, 2.24) is 10.4 Å². The number of hydrogen-bond donors (Lipinski definition) is 3. The number of nitrogens with one attached hydrogen (secondary N) is 1. The summed E-state index contributed by atoms with van der Waals surface area (Å²) in [5.41, 5.74) is 6.97. The Bertz CT molecular complexity index is 981. The van der Waals surface area contributed by atoms with Crippen LogP contribution in [-0.2, 0) is 0 Å². The molecule has 0 spiro atoms. The zero-order valence-corrected chi connectivity index (χ0v) is 20.6. The minimum atomic E-state index is -1.79. The van der Waals surface area contributed by atoms with E-state index in [0.717, 1.165) is 41.3 Å². The first-order valence-electron chi connectivity index (χ1n) is 11.3. The fraction of sp³-hybridized carbons (Fsp3) is 0.423. The predicted octanol–water partition coefficient (Wildman–Crippen LogP) is 4.00. The summed E-state index contributed by atoms with van der Waals surface area (Å²) in [7, 11) is -1.79. The number of carbonyl (C=O) groups is 1. The lowest BCUT2D eigenvalue weighted by Crippen LogP contribution is -2.51. The van der Waals surface area contributed by atoms with Gasteiger partial charge in [-0.15, -0.1) is 0 Å². The monoisotopic (exact) mass is 454 g/mol. The van der Waals surface area contributed by atoms with Gasteiger partial charge in [-0.3, -0.25) is 4.79 Å². The molecule has 2 aromatic carbocycles. The predicted molar refractivity (Wildman–Crippen MR) is 133 cm³/mol. The summed E-state index contributed by atoms with van der Waals surface area (Å²) < 4.78 is 14.5. The van der Waals surface area contributed by atoms with Gasteiger partial charge < -0.3 is 15.1 Å². The first-order valence-corrected chi connectivity index (χ1v) is 11.3. The molecular formula is C26H36BFN2O3. The second-order valence-electron chi connectivity index (χ2n) is 9.73. The van der Waals surface area contributed by atoms with Gasteiger partial charge in [0, 0.05) is 0 Å². The second-order valence-corrected chi connectivity index (χ2v) is 9.73. The van der Waals surface area contributed by atoms with Crippen LogP contribution >= 0.6 is 0 Å². The molecule has 3 N–H and O–H groups in total. The number of carbonyl (C=O) groups excluding carboxylic acids is 1. The van der Waals surface area contributed by atoms with Crippen LogP contribution in [0.3, 0.4) is 0 Å². The van der Waals surface area contributed by atoms with E-state index in [-0.39, 0.29) is 29.0 Å². The average Bonchev–Trinajstić information content (AvgIpc) is 2.71. The molecule has 0 bridgehead atoms. The largest absolute Gasteiger partial charge is 0.488 e. The number of hydrazine groups is 1. The van der Waals surface area contributed by atoms with E-state index in [1.807, 2.05) is 18.9 Å². The molecule has 0 heterocycles. The molecule has 5 nitrogen and oxygen atoms in total. The van der Waals surface area contributed by atoms with E-state index in [1.165, 1.54) is 12.1 Å². The molecule has 33 heavy (non-hydrogen) atoms. The van der Waals surface area contributed by atoms with Crippen LogP contribution in [0.5, 0.6) is 0 Å². The first-order chi connectivity index (χ1) is 15.3. The van der Waals surface area contributed by atoms with Gasteiger partial charge >= 0.3 is 7.12 Å². The maximum atomic E-state index is 14.5. The standard InChI is InChI=1S/C26H36BFN2O3/c1-8-9-25(26(5,6)7)30(19(4)20-13-17(2)12-18(3)14-20)29-16-24(31)22-11-10-21(27(32)33)15-23(22)28/h10-15,25,29,32-33H,4,8-9,16H2,1-3,5-7H3/t25-/m1/s1. The zero-order valence-electron chi connectivity index (χ0n) is 20.6. The summed E-state index contributed by atoms with van der Waals surface area (Å²) in [6.07, 6.45) is 1.83. The topological polar surface area (TPSA) is 72.8 Å². The molecule has 0 saturated carbocycles. The molecule has 0 aliphatic carbocycles. The minimum absolute atomic E-state index is 0.00225. The van der Waals surface area contributed by atoms with Gasteiger partial charge in [-0.25, -0.2) is 9.82 Å². The lowest BCUT2D eigenvalue weighted by atomic mass is 9.80. The van der Waals surface area contributed by atoms with Crippen molar-refractivity contribution in [3.63, 3.8) is 0 Å². The maximum Gasteiger partial charge on any atom is 0.488 e. The number of Topliss-reactive ketones (excluding diaryl/α,β-unsaturated/α-hetero) is 1. The van der Waals surface area contributed by atoms with Gasteiger partial charge in [0.2, 0.25) is 0 Å². The molecule has 178 valence electrons. The molecular weight excluding hydrogens is 418 g/mol. The summed E-state index contributed by atoms with van der Waals surface area (Å²) in [6, 6.07) is 9.86. The van der Waals surface area contributed by atoms with Gasteiger partial charge in [0.1, 0.15) is 5.82 Å². The molecule has 0 aromatic heterocycles. The number of rotatable bonds is 10. The quantitative estimate of drug-likeness (QED) is 0.288. The van der Waals surface area contributed by atoms with E-state index in [4.69, 9.17) is 0 Å². The van der Waals surface area contributed by atoms with Crippen molar-refractivity contribution in [3.05, 3.63) is 71.0 Å². The van der Waals surface area contributed by atoms with Crippen molar-refractivity contribution in [2.24, 2.45) is 5.41 Å². The van der Waals surface area contributed by atoms with Crippen LogP contribution in [0.4, 0.5) is 4.39 Å². The van der Waals surface area contributed by atoms with Crippen LogP contribution in [0.1, 0.15) is 67.6 Å². The molecule has 1 atom stereocenters. The Morgan fingerprint density at radius 1 is 1.15 bits per heavy atom. The van der Waals surface area contributed by atoms with E-state index < -0.39 is 18.7 Å². The summed E-state index contributed by atoms with van der Waals surface area (Å²) in [5.74, 6) is -1.22. The highest BCUT2D eigenvalue weighted by Crippen LogP contribution is 2.32. The highest BCUT2D eigenvalue weighted by Gasteiger charge is 2.32. The van der Waals surface area contributed by atoms with Crippen LogP contribution in [0.15, 0.2) is 43.0 Å². The zero-order chi connectivity index (χ0) is 24.9. The summed E-state index contributed by atoms with van der Waals surface area (Å²) in [4.78, 5) is 12.9. The fourth-order valence-corrected chi connectivity index (χ4v) is 4.07. The first kappa shape index (κ1) is 26.8. The maximum absolute atomic E-state index is 14.5. The number of aryl methyl sites for hydroxylation is 2. The van der Waals surface area contributed by atoms with E-state index in [0.29, 0.717) is 0 Å². The number of ketones is 1. The Morgan fingerprint density at radius 2 is 1.76 bits per heavy atom. The average molecular weight is 454 g/mol. The van der Waals surface area contributed by atoms with Gasteiger partial charge in [0.25, 0.3) is 0 Å². The number of hydrogen-bond acceptors (Lipinski definition) is 5. The second kappa shape index (κ2) is 11.1. The van der Waals surface area contributed by atoms with E-state index in [9.17, 15) is 19.2 Å². The Hall–Kier alpha value is -2.48. The van der Waals surface area contributed by atoms with E-state index in [1.54, 1.807) is 0 Å². The van der Waals surface area contributed by atoms with Crippen molar-refractivity contribution >= 4 is 24.1 Å². The van der Waals surface area contributed by atoms with Gasteiger partial charge in [-0.2, -0.15) is 0 Å². The Labute approximate surface area is 197 Å². The van der Waals surface area contributed by atoms with Gasteiger partial charge in [-0.1, -0.05) is 64.0 Å². The lowest BCUT2D eigenvalue weighted by molar-refractivity contribution is 0.0832. The van der Waals surface area contributed by atoms with Crippen LogP contribution in [0.25, 0.3) is 5.70 Å². The third kappa shape index (κ3) is 7.00. The van der Waals surface area contributed by atoms with E-state index >= 15 is 0 Å². The minimum Gasteiger partial charge on any atom is -0.423 e. The SMILES string of the molecule is C=C(c1cc(C)cc(C)c1)N(NCC(=O)c1ccc(B(O)O)cc1F)[C@H](CCC)C(C)(C)C. The van der Waals surface area contributed by atoms with Crippen molar-refractivity contribution in [3.8, 4) is 0 Å². The van der Waals surface area contributed by atoms with Crippen molar-refractivity contribution in [2.45, 2.75) is 60.4 Å². The molecule has 2 rings (SSSR count). The smallest absolute Gasteiger partial charge is 0.423 e. The number of halogens is 1. The van der Waals surface area contributed by atoms with Crippen molar-refractivity contribution in [2.75, 3.05) is 6.54 Å². The Morgan fingerprint density at radius 3 is 2.24 bits per heavy atom. The number of benzene rings is 2. The molecule has 0 radical (unpaired) electrons. The summed E-state index contributed by atoms with van der Waals surface area (Å²) in [5, 5.41) is 20.4.